The van der Waals surface area contributed by atoms with E-state index >= 15 is 0 Å². The highest BCUT2D eigenvalue weighted by Gasteiger charge is 2.07. The number of aliphatic imine (C=N–C) groups is 1. The number of hydrogen-bond acceptors (Lipinski definition) is 2. The topological polar surface area (TPSA) is 65.5 Å². The van der Waals surface area contributed by atoms with Gasteiger partial charge in [0, 0.05) is 19.6 Å². The molecule has 0 aromatic heterocycles. The van der Waals surface area contributed by atoms with E-state index in [9.17, 15) is 4.79 Å². The molecular formula is C22H30N4O. The van der Waals surface area contributed by atoms with Gasteiger partial charge in [0.2, 0.25) is 5.91 Å². The van der Waals surface area contributed by atoms with Gasteiger partial charge in [-0.15, -0.1) is 0 Å². The predicted molar refractivity (Wildman–Crippen MR) is 112 cm³/mol. The van der Waals surface area contributed by atoms with E-state index in [1.165, 1.54) is 11.1 Å². The molecule has 5 nitrogen and oxygen atoms in total. The van der Waals surface area contributed by atoms with Crippen molar-refractivity contribution in [2.24, 2.45) is 4.99 Å². The van der Waals surface area contributed by atoms with E-state index in [-0.39, 0.29) is 18.5 Å². The highest BCUT2D eigenvalue weighted by atomic mass is 16.1. The van der Waals surface area contributed by atoms with Crippen LogP contribution >= 0.6 is 0 Å². The molecule has 3 N–H and O–H groups in total. The number of nitrogens with zero attached hydrogens (tertiary/aromatic N) is 1. The summed E-state index contributed by atoms with van der Waals surface area (Å²) in [6.45, 7) is 2.96. The Labute approximate surface area is 162 Å². The molecule has 144 valence electrons. The van der Waals surface area contributed by atoms with Crippen LogP contribution < -0.4 is 16.0 Å². The van der Waals surface area contributed by atoms with Gasteiger partial charge in [0.1, 0.15) is 0 Å². The van der Waals surface area contributed by atoms with Crippen molar-refractivity contribution in [3.63, 3.8) is 0 Å². The second-order valence-corrected chi connectivity index (χ2v) is 6.58. The molecule has 0 spiro atoms. The minimum absolute atomic E-state index is 0.0363. The van der Waals surface area contributed by atoms with Crippen molar-refractivity contribution in [3.05, 3.63) is 71.8 Å². The lowest BCUT2D eigenvalue weighted by atomic mass is 10.1. The number of rotatable bonds is 9. The fourth-order valence-corrected chi connectivity index (χ4v) is 2.75. The second kappa shape index (κ2) is 11.7. The number of carbonyl (C=O) groups is 1. The van der Waals surface area contributed by atoms with Gasteiger partial charge in [-0.1, -0.05) is 60.7 Å². The quantitative estimate of drug-likeness (QED) is 0.472. The lowest BCUT2D eigenvalue weighted by molar-refractivity contribution is -0.119. The number of aryl methyl sites for hydroxylation is 1. The van der Waals surface area contributed by atoms with Crippen LogP contribution in [0, 0.1) is 0 Å². The number of benzene rings is 2. The SMILES string of the molecule is CN=C(NCC(=O)NCCc1ccccc1)NC(C)CCc1ccccc1. The van der Waals surface area contributed by atoms with Gasteiger partial charge < -0.3 is 16.0 Å². The van der Waals surface area contributed by atoms with Crippen molar-refractivity contribution >= 4 is 11.9 Å². The Kier molecular flexibility index (Phi) is 8.90. The molecule has 1 atom stereocenters. The molecule has 0 saturated carbocycles. The maximum atomic E-state index is 12.0. The van der Waals surface area contributed by atoms with Gasteiger partial charge in [0.25, 0.3) is 0 Å². The predicted octanol–water partition coefficient (Wildman–Crippen LogP) is 2.53. The normalized spacial score (nSPS) is 12.3. The summed E-state index contributed by atoms with van der Waals surface area (Å²) in [7, 11) is 1.71. The average Bonchev–Trinajstić information content (AvgIpc) is 2.71. The van der Waals surface area contributed by atoms with Crippen LogP contribution in [0.1, 0.15) is 24.5 Å². The summed E-state index contributed by atoms with van der Waals surface area (Å²) in [6.07, 6.45) is 2.83. The maximum absolute atomic E-state index is 12.0. The number of hydrogen-bond donors (Lipinski definition) is 3. The summed E-state index contributed by atoms with van der Waals surface area (Å²) >= 11 is 0. The van der Waals surface area contributed by atoms with Crippen LogP contribution in [-0.4, -0.2) is 38.0 Å². The Bertz CT molecular complexity index is 701. The molecule has 1 unspecified atom stereocenters. The molecule has 0 radical (unpaired) electrons. The van der Waals surface area contributed by atoms with Crippen molar-refractivity contribution in [1.82, 2.24) is 16.0 Å². The van der Waals surface area contributed by atoms with Crippen LogP contribution in [0.5, 0.6) is 0 Å². The summed E-state index contributed by atoms with van der Waals surface area (Å²) < 4.78 is 0. The maximum Gasteiger partial charge on any atom is 0.239 e. The number of carbonyl (C=O) groups excluding carboxylic acids is 1. The van der Waals surface area contributed by atoms with E-state index in [0.29, 0.717) is 12.5 Å². The van der Waals surface area contributed by atoms with Gasteiger partial charge in [-0.2, -0.15) is 0 Å². The highest BCUT2D eigenvalue weighted by Crippen LogP contribution is 2.04. The monoisotopic (exact) mass is 366 g/mol. The van der Waals surface area contributed by atoms with Crippen molar-refractivity contribution in [2.75, 3.05) is 20.1 Å². The minimum atomic E-state index is -0.0363. The molecule has 0 heterocycles. The van der Waals surface area contributed by atoms with Crippen LogP contribution in [0.4, 0.5) is 0 Å². The zero-order chi connectivity index (χ0) is 19.3. The van der Waals surface area contributed by atoms with Gasteiger partial charge in [0.15, 0.2) is 5.96 Å². The molecule has 27 heavy (non-hydrogen) atoms. The third kappa shape index (κ3) is 8.40. The van der Waals surface area contributed by atoms with Crippen molar-refractivity contribution in [1.29, 1.82) is 0 Å². The van der Waals surface area contributed by atoms with Crippen LogP contribution in [0.15, 0.2) is 65.7 Å². The molecule has 0 aliphatic rings. The molecule has 5 heteroatoms. The molecule has 2 rings (SSSR count). The van der Waals surface area contributed by atoms with E-state index < -0.39 is 0 Å². The molecule has 0 fully saturated rings. The van der Waals surface area contributed by atoms with Gasteiger partial charge in [-0.25, -0.2) is 0 Å². The number of amides is 1. The fraction of sp³-hybridized carbons (Fsp3) is 0.364. The van der Waals surface area contributed by atoms with E-state index in [1.807, 2.05) is 24.3 Å². The van der Waals surface area contributed by atoms with Gasteiger partial charge >= 0.3 is 0 Å². The minimum Gasteiger partial charge on any atom is -0.354 e. The Morgan fingerprint density at radius 1 is 0.926 bits per heavy atom. The first-order valence-corrected chi connectivity index (χ1v) is 9.49. The van der Waals surface area contributed by atoms with Crippen molar-refractivity contribution < 1.29 is 4.79 Å². The Morgan fingerprint density at radius 2 is 1.52 bits per heavy atom. The number of guanidine groups is 1. The third-order valence-corrected chi connectivity index (χ3v) is 4.31. The molecule has 0 saturated heterocycles. The Morgan fingerprint density at radius 3 is 2.11 bits per heavy atom. The van der Waals surface area contributed by atoms with E-state index in [0.717, 1.165) is 19.3 Å². The first-order valence-electron chi connectivity index (χ1n) is 9.49. The smallest absolute Gasteiger partial charge is 0.239 e. The standard InChI is InChI=1S/C22H30N4O/c1-18(13-14-19-9-5-3-6-10-19)26-22(23-2)25-17-21(27)24-16-15-20-11-7-4-8-12-20/h3-12,18H,13-17H2,1-2H3,(H,24,27)(H2,23,25,26). The molecule has 1 amide bonds. The summed E-state index contributed by atoms with van der Waals surface area (Å²) in [5.74, 6) is 0.611. The van der Waals surface area contributed by atoms with Crippen LogP contribution in [0.3, 0.4) is 0 Å². The van der Waals surface area contributed by atoms with E-state index in [2.05, 4.69) is 64.3 Å². The Hall–Kier alpha value is -2.82. The first-order chi connectivity index (χ1) is 13.2. The zero-order valence-corrected chi connectivity index (χ0v) is 16.2. The number of nitrogens with one attached hydrogen (secondary N) is 3. The van der Waals surface area contributed by atoms with Crippen LogP contribution in [0.25, 0.3) is 0 Å². The molecule has 0 bridgehead atoms. The molecule has 2 aromatic rings. The molecule has 0 aliphatic carbocycles. The fourth-order valence-electron chi connectivity index (χ4n) is 2.75. The third-order valence-electron chi connectivity index (χ3n) is 4.31. The van der Waals surface area contributed by atoms with Gasteiger partial charge in [-0.3, -0.25) is 9.79 Å². The summed E-state index contributed by atoms with van der Waals surface area (Å²) in [5, 5.41) is 9.33. The molecule has 0 aliphatic heterocycles. The first kappa shape index (κ1) is 20.5. The largest absolute Gasteiger partial charge is 0.354 e. The van der Waals surface area contributed by atoms with Gasteiger partial charge in [-0.05, 0) is 37.3 Å². The van der Waals surface area contributed by atoms with Gasteiger partial charge in [0.05, 0.1) is 6.54 Å². The van der Waals surface area contributed by atoms with Crippen LogP contribution in [-0.2, 0) is 17.6 Å². The van der Waals surface area contributed by atoms with Crippen molar-refractivity contribution in [2.45, 2.75) is 32.2 Å². The molecular weight excluding hydrogens is 336 g/mol. The van der Waals surface area contributed by atoms with Crippen molar-refractivity contribution in [3.8, 4) is 0 Å². The average molecular weight is 367 g/mol. The van der Waals surface area contributed by atoms with E-state index in [1.54, 1.807) is 7.05 Å². The second-order valence-electron chi connectivity index (χ2n) is 6.58. The Balaban J connectivity index is 1.63. The van der Waals surface area contributed by atoms with E-state index in [4.69, 9.17) is 0 Å². The summed E-state index contributed by atoms with van der Waals surface area (Å²) in [4.78, 5) is 16.2. The highest BCUT2D eigenvalue weighted by molar-refractivity contribution is 5.86. The lowest BCUT2D eigenvalue weighted by Crippen LogP contribution is -2.46. The lowest BCUT2D eigenvalue weighted by Gasteiger charge is -2.18. The molecule has 2 aromatic carbocycles. The van der Waals surface area contributed by atoms with Crippen LogP contribution in [0.2, 0.25) is 0 Å². The zero-order valence-electron chi connectivity index (χ0n) is 16.2. The summed E-state index contributed by atoms with van der Waals surface area (Å²) in [5.41, 5.74) is 2.54. The summed E-state index contributed by atoms with van der Waals surface area (Å²) in [6, 6.07) is 20.8.